The molecule has 0 spiro atoms. The van der Waals surface area contributed by atoms with Gasteiger partial charge >= 0.3 is 0 Å². The number of hydrogen-bond acceptors (Lipinski definition) is 1. The molecule has 118 valence electrons. The molecular weight excluding hydrogens is 292 g/mol. The Morgan fingerprint density at radius 3 is 2.52 bits per heavy atom. The maximum absolute atomic E-state index is 14.2. The van der Waals surface area contributed by atoms with Crippen molar-refractivity contribution in [1.29, 1.82) is 0 Å². The molecule has 1 fully saturated rings. The average molecular weight is 316 g/mol. The third-order valence-electron chi connectivity index (χ3n) is 4.91. The molecule has 0 heterocycles. The first-order valence-corrected chi connectivity index (χ1v) is 8.19. The lowest BCUT2D eigenvalue weighted by Gasteiger charge is -2.37. The number of halogens is 3. The van der Waals surface area contributed by atoms with Crippen molar-refractivity contribution in [3.05, 3.63) is 34.4 Å². The third kappa shape index (κ3) is 3.75. The second-order valence-corrected chi connectivity index (χ2v) is 6.76. The standard InChI is InChI=1S/C17H24ClF2N/c1-4-21-17(12-6-5-10(2)11(3)7-12)13-8-16(20)14(18)9-15(13)19/h8-12,17,21H,4-7H2,1-3H3. The monoisotopic (exact) mass is 315 g/mol. The van der Waals surface area contributed by atoms with Crippen LogP contribution < -0.4 is 5.32 Å². The summed E-state index contributed by atoms with van der Waals surface area (Å²) >= 11 is 5.66. The molecule has 4 unspecified atom stereocenters. The van der Waals surface area contributed by atoms with E-state index < -0.39 is 11.6 Å². The van der Waals surface area contributed by atoms with Gasteiger partial charge in [0.1, 0.15) is 11.6 Å². The highest BCUT2D eigenvalue weighted by atomic mass is 35.5. The van der Waals surface area contributed by atoms with Crippen LogP contribution in [0.4, 0.5) is 8.78 Å². The summed E-state index contributed by atoms with van der Waals surface area (Å²) in [5.74, 6) is 0.693. The van der Waals surface area contributed by atoms with Crippen LogP contribution in [-0.2, 0) is 0 Å². The second-order valence-electron chi connectivity index (χ2n) is 6.35. The fourth-order valence-electron chi connectivity index (χ4n) is 3.42. The van der Waals surface area contributed by atoms with Gasteiger partial charge in [-0.3, -0.25) is 0 Å². The summed E-state index contributed by atoms with van der Waals surface area (Å²) in [5.41, 5.74) is 0.408. The highest BCUT2D eigenvalue weighted by molar-refractivity contribution is 6.30. The molecule has 0 bridgehead atoms. The van der Waals surface area contributed by atoms with E-state index in [9.17, 15) is 8.78 Å². The normalized spacial score (nSPS) is 27.6. The van der Waals surface area contributed by atoms with Crippen LogP contribution >= 0.6 is 11.6 Å². The lowest BCUT2D eigenvalue weighted by Crippen LogP contribution is -2.33. The van der Waals surface area contributed by atoms with E-state index in [1.165, 1.54) is 6.07 Å². The fraction of sp³-hybridized carbons (Fsp3) is 0.647. The minimum atomic E-state index is -0.548. The Kier molecular flexibility index (Phi) is 5.61. The quantitative estimate of drug-likeness (QED) is 0.739. The van der Waals surface area contributed by atoms with Gasteiger partial charge in [0.05, 0.1) is 5.02 Å². The lowest BCUT2D eigenvalue weighted by atomic mass is 9.72. The summed E-state index contributed by atoms with van der Waals surface area (Å²) in [4.78, 5) is 0. The van der Waals surface area contributed by atoms with Gasteiger partial charge in [-0.15, -0.1) is 0 Å². The van der Waals surface area contributed by atoms with Crippen LogP contribution in [0.25, 0.3) is 0 Å². The summed E-state index contributed by atoms with van der Waals surface area (Å²) in [5, 5.41) is 3.19. The number of rotatable bonds is 4. The van der Waals surface area contributed by atoms with Crippen molar-refractivity contribution in [3.8, 4) is 0 Å². The number of hydrogen-bond donors (Lipinski definition) is 1. The van der Waals surface area contributed by atoms with Crippen molar-refractivity contribution in [2.75, 3.05) is 6.54 Å². The van der Waals surface area contributed by atoms with Gasteiger partial charge in [0.2, 0.25) is 0 Å². The SMILES string of the molecule is CCNC(c1cc(F)c(Cl)cc1F)C1CCC(C)C(C)C1. The number of benzene rings is 1. The summed E-state index contributed by atoms with van der Waals surface area (Å²) in [6.45, 7) is 7.24. The van der Waals surface area contributed by atoms with Gasteiger partial charge in [-0.1, -0.05) is 38.8 Å². The Labute approximate surface area is 131 Å². The smallest absolute Gasteiger partial charge is 0.142 e. The molecule has 1 aromatic rings. The molecule has 1 aliphatic carbocycles. The first-order valence-electron chi connectivity index (χ1n) is 7.81. The first-order chi connectivity index (χ1) is 9.93. The summed E-state index contributed by atoms with van der Waals surface area (Å²) < 4.78 is 28.0. The Balaban J connectivity index is 2.29. The van der Waals surface area contributed by atoms with E-state index in [4.69, 9.17) is 11.6 Å². The van der Waals surface area contributed by atoms with E-state index in [2.05, 4.69) is 19.2 Å². The van der Waals surface area contributed by atoms with E-state index in [-0.39, 0.29) is 11.1 Å². The molecule has 0 saturated heterocycles. The summed E-state index contributed by atoms with van der Waals surface area (Å²) in [6, 6.07) is 2.20. The Morgan fingerprint density at radius 2 is 1.90 bits per heavy atom. The Bertz CT molecular complexity index is 492. The second kappa shape index (κ2) is 7.06. The molecule has 1 aromatic carbocycles. The zero-order chi connectivity index (χ0) is 15.6. The molecular formula is C17H24ClF2N. The van der Waals surface area contributed by atoms with Crippen molar-refractivity contribution < 1.29 is 8.78 Å². The molecule has 4 heteroatoms. The molecule has 1 nitrogen and oxygen atoms in total. The van der Waals surface area contributed by atoms with E-state index in [0.29, 0.717) is 23.3 Å². The Morgan fingerprint density at radius 1 is 1.19 bits per heavy atom. The van der Waals surface area contributed by atoms with E-state index in [1.807, 2.05) is 6.92 Å². The lowest BCUT2D eigenvalue weighted by molar-refractivity contribution is 0.170. The highest BCUT2D eigenvalue weighted by Gasteiger charge is 2.32. The van der Waals surface area contributed by atoms with E-state index >= 15 is 0 Å². The zero-order valence-electron chi connectivity index (χ0n) is 12.9. The van der Waals surface area contributed by atoms with E-state index in [0.717, 1.165) is 31.9 Å². The molecule has 4 atom stereocenters. The van der Waals surface area contributed by atoms with Crippen molar-refractivity contribution in [1.82, 2.24) is 5.32 Å². The predicted molar refractivity (Wildman–Crippen MR) is 83.5 cm³/mol. The molecule has 0 radical (unpaired) electrons. The molecule has 1 aliphatic rings. The highest BCUT2D eigenvalue weighted by Crippen LogP contribution is 2.41. The summed E-state index contributed by atoms with van der Waals surface area (Å²) in [6.07, 6.45) is 3.24. The topological polar surface area (TPSA) is 12.0 Å². The minimum absolute atomic E-state index is 0.142. The van der Waals surface area contributed by atoms with Crippen LogP contribution in [0.3, 0.4) is 0 Å². The van der Waals surface area contributed by atoms with Crippen LogP contribution in [0.2, 0.25) is 5.02 Å². The van der Waals surface area contributed by atoms with Crippen molar-refractivity contribution in [2.45, 2.75) is 46.1 Å². The van der Waals surface area contributed by atoms with Crippen LogP contribution in [0.15, 0.2) is 12.1 Å². The van der Waals surface area contributed by atoms with Crippen LogP contribution in [0.5, 0.6) is 0 Å². The average Bonchev–Trinajstić information content (AvgIpc) is 2.44. The van der Waals surface area contributed by atoms with Gasteiger partial charge in [0.25, 0.3) is 0 Å². The van der Waals surface area contributed by atoms with Crippen molar-refractivity contribution >= 4 is 11.6 Å². The molecule has 0 aliphatic heterocycles. The Hall–Kier alpha value is -0.670. The zero-order valence-corrected chi connectivity index (χ0v) is 13.7. The fourth-order valence-corrected chi connectivity index (χ4v) is 3.57. The molecule has 21 heavy (non-hydrogen) atoms. The predicted octanol–water partition coefficient (Wildman–Crippen LogP) is 5.34. The van der Waals surface area contributed by atoms with Crippen molar-refractivity contribution in [3.63, 3.8) is 0 Å². The van der Waals surface area contributed by atoms with Gasteiger partial charge in [0.15, 0.2) is 0 Å². The van der Waals surface area contributed by atoms with Gasteiger partial charge in [0, 0.05) is 11.6 Å². The van der Waals surface area contributed by atoms with Gasteiger partial charge in [-0.2, -0.15) is 0 Å². The molecule has 0 amide bonds. The number of nitrogens with one attached hydrogen (secondary N) is 1. The molecule has 2 rings (SSSR count). The molecule has 1 saturated carbocycles. The largest absolute Gasteiger partial charge is 0.310 e. The summed E-state index contributed by atoms with van der Waals surface area (Å²) in [7, 11) is 0. The van der Waals surface area contributed by atoms with Gasteiger partial charge in [-0.25, -0.2) is 8.78 Å². The minimum Gasteiger partial charge on any atom is -0.310 e. The van der Waals surface area contributed by atoms with E-state index in [1.54, 1.807) is 0 Å². The van der Waals surface area contributed by atoms with Crippen LogP contribution in [-0.4, -0.2) is 6.54 Å². The van der Waals surface area contributed by atoms with Gasteiger partial charge in [-0.05, 0) is 49.3 Å². The van der Waals surface area contributed by atoms with Gasteiger partial charge < -0.3 is 5.32 Å². The molecule has 1 N–H and O–H groups in total. The molecule has 0 aromatic heterocycles. The van der Waals surface area contributed by atoms with Crippen LogP contribution in [0, 0.1) is 29.4 Å². The third-order valence-corrected chi connectivity index (χ3v) is 5.20. The maximum atomic E-state index is 14.2. The maximum Gasteiger partial charge on any atom is 0.142 e. The van der Waals surface area contributed by atoms with Crippen molar-refractivity contribution in [2.24, 2.45) is 17.8 Å². The van der Waals surface area contributed by atoms with Crippen LogP contribution in [0.1, 0.15) is 51.6 Å². The first kappa shape index (κ1) is 16.7.